The third-order valence-electron chi connectivity index (χ3n) is 25.8. The molecule has 0 saturated carbocycles. The zero-order chi connectivity index (χ0) is 75.8. The number of benzene rings is 4. The maximum atomic E-state index is 12.7. The number of rotatable bonds is 20. The van der Waals surface area contributed by atoms with E-state index >= 15 is 0 Å². The first-order valence-corrected chi connectivity index (χ1v) is 40.1. The fourth-order valence-electron chi connectivity index (χ4n) is 17.4. The third-order valence-corrected chi connectivity index (χ3v) is 28.9. The summed E-state index contributed by atoms with van der Waals surface area (Å²) < 4.78 is 95.3. The van der Waals surface area contributed by atoms with Crippen molar-refractivity contribution in [3.05, 3.63) is 137 Å². The van der Waals surface area contributed by atoms with Gasteiger partial charge in [0.05, 0.1) is 82.4 Å². The molecular formula is C83H125Cl4O18P. The van der Waals surface area contributed by atoms with Crippen LogP contribution in [0.5, 0.6) is 0 Å². The highest BCUT2D eigenvalue weighted by Gasteiger charge is 2.67. The van der Waals surface area contributed by atoms with E-state index in [0.29, 0.717) is 111 Å². The smallest absolute Gasteiger partial charge is 0.461 e. The number of fused-ring (bicyclic) bond motifs is 8. The van der Waals surface area contributed by atoms with Gasteiger partial charge in [-0.05, 0) is 147 Å². The number of hydrogen-bond donors (Lipinski definition) is 1. The summed E-state index contributed by atoms with van der Waals surface area (Å²) in [5, 5.41) is 11.7. The van der Waals surface area contributed by atoms with Gasteiger partial charge in [0.2, 0.25) is 0 Å². The lowest BCUT2D eigenvalue weighted by atomic mass is 9.68. The van der Waals surface area contributed by atoms with Crippen molar-refractivity contribution in [1.82, 2.24) is 0 Å². The van der Waals surface area contributed by atoms with Crippen molar-refractivity contribution in [3.63, 3.8) is 0 Å². The number of halogens is 4. The zero-order valence-corrected chi connectivity index (χ0v) is 68.0. The molecule has 0 aromatic heterocycles. The minimum absolute atomic E-state index is 0. The second-order valence-electron chi connectivity index (χ2n) is 30.1. The summed E-state index contributed by atoms with van der Waals surface area (Å²) in [5.74, 6) is 0.820. The van der Waals surface area contributed by atoms with E-state index in [4.69, 9.17) is 107 Å². The highest BCUT2D eigenvalue weighted by Crippen LogP contribution is 2.63. The predicted molar refractivity (Wildman–Crippen MR) is 417 cm³/mol. The largest absolute Gasteiger partial charge is 0.508 e. The zero-order valence-electron chi connectivity index (χ0n) is 64.1. The first-order valence-electron chi connectivity index (χ1n) is 37.1. The molecule has 8 aliphatic rings. The number of ether oxygens (including phenoxy) is 11. The normalized spacial score (nSPS) is 35.6. The van der Waals surface area contributed by atoms with Crippen molar-refractivity contribution >= 4 is 66.4 Å². The van der Waals surface area contributed by atoms with Gasteiger partial charge < -0.3 is 57.2 Å². The average molecular weight is 1580 g/mol. The first kappa shape index (κ1) is 91.4. The van der Waals surface area contributed by atoms with Crippen LogP contribution in [-0.2, 0) is 125 Å². The molecule has 0 spiro atoms. The fourth-order valence-corrected chi connectivity index (χ4v) is 19.2. The van der Waals surface area contributed by atoms with Gasteiger partial charge in [0, 0.05) is 84.1 Å². The number of esters is 1. The van der Waals surface area contributed by atoms with E-state index in [2.05, 4.69) is 116 Å². The van der Waals surface area contributed by atoms with Gasteiger partial charge in [-0.2, -0.15) is 0 Å². The van der Waals surface area contributed by atoms with Gasteiger partial charge in [-0.25, -0.2) is 9.36 Å². The minimum Gasteiger partial charge on any atom is -0.461 e. The third kappa shape index (κ3) is 16.7. The molecule has 23 heteroatoms. The van der Waals surface area contributed by atoms with Crippen LogP contribution < -0.4 is 0 Å². The molecular weight excluding hydrogens is 1460 g/mol. The van der Waals surface area contributed by atoms with Crippen molar-refractivity contribution in [2.24, 2.45) is 71.0 Å². The van der Waals surface area contributed by atoms with Crippen LogP contribution in [0.25, 0.3) is 0 Å². The molecule has 0 radical (unpaired) electrons. The lowest BCUT2D eigenvalue weighted by molar-refractivity contribution is -0.280. The monoisotopic (exact) mass is 1580 g/mol. The molecule has 8 fully saturated rings. The van der Waals surface area contributed by atoms with Crippen molar-refractivity contribution < 1.29 is 84.9 Å². The minimum atomic E-state index is -3.63. The first-order chi connectivity index (χ1) is 48.6. The molecule has 0 unspecified atom stereocenters. The van der Waals surface area contributed by atoms with E-state index in [9.17, 15) is 19.3 Å². The molecule has 0 aliphatic carbocycles. The molecule has 4 aromatic rings. The van der Waals surface area contributed by atoms with E-state index < -0.39 is 37.1 Å². The Hall–Kier alpha value is -3.47. The Morgan fingerprint density at radius 1 is 0.425 bits per heavy atom. The fraction of sp³-hybridized carbons (Fsp3) is 0.687. The number of hydrogen-bond acceptors (Lipinski definition) is 18. The molecule has 12 rings (SSSR count). The summed E-state index contributed by atoms with van der Waals surface area (Å²) in [7, 11) is -2.36. The molecule has 0 amide bonds. The summed E-state index contributed by atoms with van der Waals surface area (Å²) in [5.41, 5.74) is 5.55. The van der Waals surface area contributed by atoms with Crippen LogP contribution in [0.4, 0.5) is 4.79 Å². The lowest BCUT2D eigenvalue weighted by Crippen LogP contribution is -2.53. The molecule has 4 aromatic carbocycles. The van der Waals surface area contributed by atoms with Gasteiger partial charge in [-0.1, -0.05) is 204 Å². The van der Waals surface area contributed by atoms with Crippen LogP contribution in [-0.4, -0.2) is 86.4 Å². The summed E-state index contributed by atoms with van der Waals surface area (Å²) in [6, 6.07) is 22.8. The SMILES string of the molecule is C.C.C.CCOP(=O)(OCC)OCc1cc([C@]23OC[C@](CC)(O2)[C@@H](C)[C@H](C)[C@H]3C)ccc1Cl.CC[C@@]12CO[C@@](c3ccc(Cl)c(CO)c3)(O1)[C@H](C)[C@@H](C)[C@@H]2C.CC[C@@]12CO[C@@](c3ccc(Cl)c(COC(=O)OC)c3)(O1)[C@H](C)[C@@H](C)[C@@H]2C.CC[C@@]12CO[C@@](c3ccc(Cl)c(COC(C)=O)c3)(O1)[C@H](C)[C@@H](C)[C@@H]2C. The molecule has 8 aliphatic heterocycles. The average Bonchev–Trinajstić information content (AvgIpc) is 1.57. The maximum absolute atomic E-state index is 12.7. The van der Waals surface area contributed by atoms with Gasteiger partial charge in [-0.3, -0.25) is 18.4 Å². The Bertz CT molecular complexity index is 3670. The van der Waals surface area contributed by atoms with Gasteiger partial charge in [0.1, 0.15) is 13.2 Å². The standard InChI is InChI=1S/C22H34ClO6P.C20H27ClO5.C20H27ClO4.C18H25ClO3.3CH4/c1-7-21-14-25-22(29-21,17(6)15(4)16(21)5)19-10-11-20(23)18(12-19)13-28-30(24,26-8-2)27-9-3;1-6-19-11-25-20(26-19,14(4)12(2)13(19)3)16-7-8-17(21)15(9-16)10-24-18(22)23-5;1-6-19-11-24-20(25-19,14(4)12(2)13(19)3)17-7-8-18(21)16(9-17)10-23-15(5)22;1-5-17-10-21-18(22-17,13(4)11(2)12(17)3)15-6-7-16(19)14(8-15)9-20;;;/h10-12,15-17H,7-9,13-14H2,1-6H3;7-9,12-14H,6,10-11H2,1-5H3;7-9,12-14H,6,10-11H2,1-5H3;6-8,11-13,20H,5,9-10H2,1-4H3;3*1H4/t15-,16-,17+,21-,22+;2*12-,13-,14+,19-,20+;11-,12-,13+,17-,18+;;;/m0000.../s1. The molecule has 8 saturated heterocycles. The molecule has 598 valence electrons. The number of aliphatic hydroxyl groups is 1. The van der Waals surface area contributed by atoms with Crippen LogP contribution in [0, 0.1) is 71.0 Å². The van der Waals surface area contributed by atoms with Crippen molar-refractivity contribution in [2.45, 2.75) is 251 Å². The number of phosphoric acid groups is 1. The highest BCUT2D eigenvalue weighted by atomic mass is 35.5. The number of aliphatic hydroxyl groups excluding tert-OH is 1. The molecule has 1 N–H and O–H groups in total. The summed E-state index contributed by atoms with van der Waals surface area (Å²) in [4.78, 5) is 22.4. The van der Waals surface area contributed by atoms with Crippen LogP contribution >= 0.6 is 54.2 Å². The van der Waals surface area contributed by atoms with Crippen LogP contribution in [0.2, 0.25) is 20.1 Å². The van der Waals surface area contributed by atoms with Gasteiger partial charge in [0.15, 0.2) is 23.1 Å². The van der Waals surface area contributed by atoms with E-state index in [1.807, 2.05) is 66.7 Å². The summed E-state index contributed by atoms with van der Waals surface area (Å²) in [6.07, 6.45) is 2.91. The lowest BCUT2D eigenvalue weighted by Gasteiger charge is -2.49. The quantitative estimate of drug-likeness (QED) is 0.0646. The Morgan fingerprint density at radius 3 is 0.943 bits per heavy atom. The Balaban J connectivity index is 0.000000220. The van der Waals surface area contributed by atoms with Gasteiger partial charge >= 0.3 is 19.9 Å². The van der Waals surface area contributed by atoms with Gasteiger partial charge in [-0.15, -0.1) is 0 Å². The van der Waals surface area contributed by atoms with Crippen molar-refractivity contribution in [2.75, 3.05) is 46.8 Å². The summed E-state index contributed by atoms with van der Waals surface area (Å²) >= 11 is 25.1. The van der Waals surface area contributed by atoms with E-state index in [0.717, 1.165) is 53.5 Å². The maximum Gasteiger partial charge on any atom is 0.508 e. The molecule has 106 heavy (non-hydrogen) atoms. The van der Waals surface area contributed by atoms with Gasteiger partial charge in [0.25, 0.3) is 0 Å². The van der Waals surface area contributed by atoms with E-state index in [-0.39, 0.29) is 114 Å². The number of carbonyl (C=O) groups excluding carboxylic acids is 2. The van der Waals surface area contributed by atoms with E-state index in [1.54, 1.807) is 19.9 Å². The summed E-state index contributed by atoms with van der Waals surface area (Å²) in [6.45, 7) is 43.3. The topological polar surface area (TPSA) is 201 Å². The Kier molecular flexibility index (Phi) is 31.2. The molecule has 20 atom stereocenters. The number of methoxy groups -OCH3 is 1. The van der Waals surface area contributed by atoms with Crippen LogP contribution in [0.1, 0.15) is 224 Å². The van der Waals surface area contributed by atoms with E-state index in [1.165, 1.54) is 14.0 Å². The second-order valence-corrected chi connectivity index (χ2v) is 33.4. The number of phosphoric ester groups is 1. The Labute approximate surface area is 654 Å². The van der Waals surface area contributed by atoms with Crippen LogP contribution in [0.15, 0.2) is 72.8 Å². The molecule has 8 bridgehead atoms. The number of carbonyl (C=O) groups is 2. The van der Waals surface area contributed by atoms with Crippen LogP contribution in [0.3, 0.4) is 0 Å². The molecule has 18 nitrogen and oxygen atoms in total. The van der Waals surface area contributed by atoms with Crippen molar-refractivity contribution in [1.29, 1.82) is 0 Å². The predicted octanol–water partition coefficient (Wildman–Crippen LogP) is 21.9. The highest BCUT2D eigenvalue weighted by molar-refractivity contribution is 7.48. The Morgan fingerprint density at radius 2 is 0.689 bits per heavy atom. The van der Waals surface area contributed by atoms with Crippen molar-refractivity contribution in [3.8, 4) is 0 Å². The second kappa shape index (κ2) is 36.1. The molecule has 8 heterocycles.